The Bertz CT molecular complexity index is 705. The molecule has 0 fully saturated rings. The van der Waals surface area contributed by atoms with Gasteiger partial charge in [-0.15, -0.1) is 0 Å². The molecule has 0 saturated heterocycles. The molecule has 6 heteroatoms. The lowest BCUT2D eigenvalue weighted by Crippen LogP contribution is -2.21. The highest BCUT2D eigenvalue weighted by molar-refractivity contribution is 6.37. The van der Waals surface area contributed by atoms with Crippen LogP contribution < -0.4 is 10.5 Å². The summed E-state index contributed by atoms with van der Waals surface area (Å²) in [5, 5.41) is 12.2. The fraction of sp³-hybridized carbons (Fsp3) is 0.286. The van der Waals surface area contributed by atoms with Gasteiger partial charge in [0.1, 0.15) is 11.1 Å². The molecule has 1 aromatic carbocycles. The van der Waals surface area contributed by atoms with Crippen molar-refractivity contribution in [2.24, 2.45) is 5.16 Å². The number of halogens is 1. The molecule has 20 heavy (non-hydrogen) atoms. The molecule has 0 saturated carbocycles. The van der Waals surface area contributed by atoms with Gasteiger partial charge in [-0.05, 0) is 26.0 Å². The Morgan fingerprint density at radius 1 is 1.40 bits per heavy atom. The van der Waals surface area contributed by atoms with Gasteiger partial charge in [0.15, 0.2) is 0 Å². The molecule has 0 spiro atoms. The first-order valence-electron chi connectivity index (χ1n) is 6.31. The van der Waals surface area contributed by atoms with E-state index in [9.17, 15) is 4.79 Å². The van der Waals surface area contributed by atoms with Crippen molar-refractivity contribution in [2.75, 3.05) is 18.0 Å². The van der Waals surface area contributed by atoms with Gasteiger partial charge in [0.25, 0.3) is 0 Å². The largest absolute Gasteiger partial charge is 0.422 e. The predicted octanol–water partition coefficient (Wildman–Crippen LogP) is 3.10. The molecule has 1 N–H and O–H groups in total. The molecular weight excluding hydrogens is 280 g/mol. The van der Waals surface area contributed by atoms with Gasteiger partial charge in [-0.1, -0.05) is 16.8 Å². The molecule has 0 aliphatic carbocycles. The number of fused-ring (bicyclic) bond motifs is 1. The fourth-order valence-corrected chi connectivity index (χ4v) is 2.40. The monoisotopic (exact) mass is 294 g/mol. The Morgan fingerprint density at radius 3 is 2.70 bits per heavy atom. The van der Waals surface area contributed by atoms with Crippen LogP contribution in [-0.4, -0.2) is 24.5 Å². The second-order valence-electron chi connectivity index (χ2n) is 4.21. The molecule has 0 amide bonds. The van der Waals surface area contributed by atoms with E-state index in [1.165, 1.54) is 0 Å². The quantitative estimate of drug-likeness (QED) is 0.407. The minimum atomic E-state index is -0.628. The minimum absolute atomic E-state index is 0.0391. The Labute approximate surface area is 121 Å². The van der Waals surface area contributed by atoms with Crippen molar-refractivity contribution in [3.8, 4) is 0 Å². The SMILES string of the molecule is CCN(CC)c1ccc2c(Cl)c(C=NO)c(=O)oc2c1. The summed E-state index contributed by atoms with van der Waals surface area (Å²) in [6.45, 7) is 5.82. The highest BCUT2D eigenvalue weighted by atomic mass is 35.5. The van der Waals surface area contributed by atoms with Gasteiger partial charge in [-0.25, -0.2) is 4.79 Å². The van der Waals surface area contributed by atoms with Crippen LogP contribution in [0.4, 0.5) is 5.69 Å². The fourth-order valence-electron chi connectivity index (χ4n) is 2.12. The molecule has 2 rings (SSSR count). The molecule has 1 aromatic heterocycles. The van der Waals surface area contributed by atoms with Gasteiger partial charge < -0.3 is 14.5 Å². The first-order chi connectivity index (χ1) is 9.62. The lowest BCUT2D eigenvalue weighted by molar-refractivity contribution is 0.321. The summed E-state index contributed by atoms with van der Waals surface area (Å²) in [5.41, 5.74) is 0.791. The molecule has 0 unspecified atom stereocenters. The molecular formula is C14H15ClN2O3. The van der Waals surface area contributed by atoms with Crippen molar-refractivity contribution in [1.82, 2.24) is 0 Å². The molecule has 0 atom stereocenters. The van der Waals surface area contributed by atoms with Crippen molar-refractivity contribution in [1.29, 1.82) is 0 Å². The zero-order valence-electron chi connectivity index (χ0n) is 11.3. The first-order valence-corrected chi connectivity index (χ1v) is 6.68. The van der Waals surface area contributed by atoms with Crippen LogP contribution in [0.2, 0.25) is 5.02 Å². The van der Waals surface area contributed by atoms with Crippen LogP contribution in [0.25, 0.3) is 11.0 Å². The highest BCUT2D eigenvalue weighted by Gasteiger charge is 2.13. The average molecular weight is 295 g/mol. The standard InChI is InChI=1S/C14H15ClN2O3/c1-3-17(4-2)9-5-6-10-12(7-9)20-14(18)11(8-16-19)13(10)15/h5-8,19H,3-4H2,1-2H3. The van der Waals surface area contributed by atoms with E-state index in [1.54, 1.807) is 12.1 Å². The molecule has 0 radical (unpaired) electrons. The zero-order chi connectivity index (χ0) is 14.7. The summed E-state index contributed by atoms with van der Waals surface area (Å²) >= 11 is 6.15. The van der Waals surface area contributed by atoms with Gasteiger partial charge in [-0.2, -0.15) is 0 Å². The summed E-state index contributed by atoms with van der Waals surface area (Å²) < 4.78 is 5.24. The highest BCUT2D eigenvalue weighted by Crippen LogP contribution is 2.28. The maximum absolute atomic E-state index is 11.8. The van der Waals surface area contributed by atoms with Crippen molar-refractivity contribution in [2.45, 2.75) is 13.8 Å². The number of rotatable bonds is 4. The van der Waals surface area contributed by atoms with Crippen molar-refractivity contribution >= 4 is 34.5 Å². The van der Waals surface area contributed by atoms with Crippen LogP contribution in [0.5, 0.6) is 0 Å². The van der Waals surface area contributed by atoms with Crippen LogP contribution >= 0.6 is 11.6 Å². The zero-order valence-corrected chi connectivity index (χ0v) is 12.0. The maximum Gasteiger partial charge on any atom is 0.346 e. The number of oxime groups is 1. The van der Waals surface area contributed by atoms with Crippen LogP contribution in [-0.2, 0) is 0 Å². The topological polar surface area (TPSA) is 66.0 Å². The van der Waals surface area contributed by atoms with E-state index in [0.29, 0.717) is 11.0 Å². The summed E-state index contributed by atoms with van der Waals surface area (Å²) in [4.78, 5) is 13.9. The molecule has 0 bridgehead atoms. The van der Waals surface area contributed by atoms with Crippen LogP contribution in [0, 0.1) is 0 Å². The van der Waals surface area contributed by atoms with E-state index in [0.717, 1.165) is 25.0 Å². The normalized spacial score (nSPS) is 11.3. The summed E-state index contributed by atoms with van der Waals surface area (Å²) in [7, 11) is 0. The number of hydrogen-bond acceptors (Lipinski definition) is 5. The Kier molecular flexibility index (Phi) is 4.29. The van der Waals surface area contributed by atoms with E-state index in [1.807, 2.05) is 6.07 Å². The second kappa shape index (κ2) is 5.96. The lowest BCUT2D eigenvalue weighted by Gasteiger charge is -2.21. The second-order valence-corrected chi connectivity index (χ2v) is 4.59. The van der Waals surface area contributed by atoms with Crippen LogP contribution in [0.1, 0.15) is 19.4 Å². The number of benzene rings is 1. The van der Waals surface area contributed by atoms with Crippen LogP contribution in [0.15, 0.2) is 32.6 Å². The minimum Gasteiger partial charge on any atom is -0.422 e. The molecule has 5 nitrogen and oxygen atoms in total. The molecule has 106 valence electrons. The number of nitrogens with zero attached hydrogens (tertiary/aromatic N) is 2. The van der Waals surface area contributed by atoms with Gasteiger partial charge in [0, 0.05) is 30.2 Å². The Balaban J connectivity index is 2.66. The van der Waals surface area contributed by atoms with Gasteiger partial charge in [0.05, 0.1) is 11.2 Å². The van der Waals surface area contributed by atoms with Crippen LogP contribution in [0.3, 0.4) is 0 Å². The van der Waals surface area contributed by atoms with E-state index in [4.69, 9.17) is 21.2 Å². The third-order valence-electron chi connectivity index (χ3n) is 3.18. The van der Waals surface area contributed by atoms with Gasteiger partial charge in [-0.3, -0.25) is 0 Å². The Morgan fingerprint density at radius 2 is 2.10 bits per heavy atom. The summed E-state index contributed by atoms with van der Waals surface area (Å²) in [5.74, 6) is 0. The average Bonchev–Trinajstić information content (AvgIpc) is 2.44. The van der Waals surface area contributed by atoms with Gasteiger partial charge in [0.2, 0.25) is 0 Å². The van der Waals surface area contributed by atoms with E-state index in [-0.39, 0.29) is 10.6 Å². The number of hydrogen-bond donors (Lipinski definition) is 1. The van der Waals surface area contributed by atoms with E-state index in [2.05, 4.69) is 23.9 Å². The molecule has 0 aliphatic rings. The third kappa shape index (κ3) is 2.49. The Hall–Kier alpha value is -2.01. The summed E-state index contributed by atoms with van der Waals surface area (Å²) in [6.07, 6.45) is 0.978. The van der Waals surface area contributed by atoms with Crippen molar-refractivity contribution in [3.63, 3.8) is 0 Å². The molecule has 1 heterocycles. The third-order valence-corrected chi connectivity index (χ3v) is 3.58. The summed E-state index contributed by atoms with van der Waals surface area (Å²) in [6, 6.07) is 5.50. The smallest absolute Gasteiger partial charge is 0.346 e. The maximum atomic E-state index is 11.8. The number of anilines is 1. The van der Waals surface area contributed by atoms with E-state index >= 15 is 0 Å². The lowest BCUT2D eigenvalue weighted by atomic mass is 10.1. The first kappa shape index (κ1) is 14.4. The van der Waals surface area contributed by atoms with E-state index < -0.39 is 5.63 Å². The van der Waals surface area contributed by atoms with Gasteiger partial charge >= 0.3 is 5.63 Å². The molecule has 0 aliphatic heterocycles. The molecule has 2 aromatic rings. The van der Waals surface area contributed by atoms with Crippen molar-refractivity contribution in [3.05, 3.63) is 39.2 Å². The van der Waals surface area contributed by atoms with Crippen molar-refractivity contribution < 1.29 is 9.62 Å². The predicted molar refractivity (Wildman–Crippen MR) is 80.4 cm³/mol.